The summed E-state index contributed by atoms with van der Waals surface area (Å²) in [5.41, 5.74) is 1.85. The molecular formula is C64H132. The molecule has 0 aliphatic heterocycles. The molecule has 0 spiro atoms. The smallest absolute Gasteiger partial charge is 0.0329 e. The molecule has 6 fully saturated rings. The predicted molar refractivity (Wildman–Crippen MR) is 299 cm³/mol. The molecular weight excluding hydrogens is 769 g/mol. The van der Waals surface area contributed by atoms with E-state index >= 15 is 0 Å². The Hall–Kier alpha value is 0. The topological polar surface area (TPSA) is 0 Å². The first kappa shape index (κ1) is 66.1. The van der Waals surface area contributed by atoms with Gasteiger partial charge in [-0.1, -0.05) is 300 Å². The first-order valence-corrected chi connectivity index (χ1v) is 29.8. The molecule has 6 rings (SSSR count). The number of hydrogen-bond donors (Lipinski definition) is 0. The van der Waals surface area contributed by atoms with E-state index in [-0.39, 0.29) is 0 Å². The minimum Gasteiger partial charge on any atom is -0.0654 e. The molecule has 0 aromatic carbocycles. The van der Waals surface area contributed by atoms with Crippen LogP contribution in [0.5, 0.6) is 0 Å². The Labute approximate surface area is 411 Å². The summed E-state index contributed by atoms with van der Waals surface area (Å²) in [6.45, 7) is 51.4. The average Bonchev–Trinajstić information content (AvgIpc) is 3.75. The van der Waals surface area contributed by atoms with Crippen LogP contribution in [-0.2, 0) is 0 Å². The Kier molecular flexibility index (Phi) is 38.1. The maximum Gasteiger partial charge on any atom is -0.0329 e. The molecule has 0 N–H and O–H groups in total. The highest BCUT2D eigenvalue weighted by Gasteiger charge is 2.28. The lowest BCUT2D eigenvalue weighted by atomic mass is 9.70. The largest absolute Gasteiger partial charge is 0.0654 e. The second-order valence-corrected chi connectivity index (χ2v) is 27.1. The van der Waals surface area contributed by atoms with Gasteiger partial charge in [0.25, 0.3) is 0 Å². The van der Waals surface area contributed by atoms with Crippen LogP contribution >= 0.6 is 0 Å². The molecule has 0 saturated heterocycles. The molecule has 0 heteroatoms. The van der Waals surface area contributed by atoms with Crippen molar-refractivity contribution >= 4 is 0 Å². The molecule has 0 radical (unpaired) electrons. The zero-order chi connectivity index (χ0) is 49.5. The first-order valence-electron chi connectivity index (χ1n) is 29.8. The van der Waals surface area contributed by atoms with Crippen LogP contribution < -0.4 is 0 Å². The molecule has 0 amide bonds. The molecule has 0 bridgehead atoms. The van der Waals surface area contributed by atoms with Crippen LogP contribution in [0.4, 0.5) is 0 Å². The molecule has 6 saturated carbocycles. The number of rotatable bonds is 6. The second kappa shape index (κ2) is 36.9. The number of hydrogen-bond acceptors (Lipinski definition) is 0. The highest BCUT2D eigenvalue weighted by Crippen LogP contribution is 2.40. The van der Waals surface area contributed by atoms with E-state index in [1.165, 1.54) is 173 Å². The fourth-order valence-electron chi connectivity index (χ4n) is 10.9. The van der Waals surface area contributed by atoms with Gasteiger partial charge in [-0.05, 0) is 113 Å². The van der Waals surface area contributed by atoms with Crippen molar-refractivity contribution in [1.82, 2.24) is 0 Å². The quantitative estimate of drug-likeness (QED) is 0.249. The third kappa shape index (κ3) is 34.3. The third-order valence-electron chi connectivity index (χ3n) is 18.5. The van der Waals surface area contributed by atoms with Crippen LogP contribution in [0.3, 0.4) is 0 Å². The lowest BCUT2D eigenvalue weighted by Gasteiger charge is -2.36. The molecule has 388 valence electrons. The van der Waals surface area contributed by atoms with E-state index in [4.69, 9.17) is 0 Å². The summed E-state index contributed by atoms with van der Waals surface area (Å²) < 4.78 is 0. The third-order valence-corrected chi connectivity index (χ3v) is 18.5. The Morgan fingerprint density at radius 1 is 0.438 bits per heavy atom. The standard InChI is InChI=1S/3C9H18.2C8H16.C7H14.2C7H16/c1-8-4-6-9(2,3)7-5-8;1-8-6-4-5-7-9(8,2)3;1-7-5-4-6-8(2)9(7)3;1-7-5-3-4-6-8(7)2;1-7(2)8-5-3-4-6-8;1-6(2)7-4-3-5-7;1-5-6-7(2,3)4;1-4-7(5-2)6-3/h2*8H,4-7H2,1-3H3;7-9H,4-6H2,1-3H3;2*7-8H,3-6H2,1-2H3;6-7H,3-5H2,1-2H3;5-6H2,1-4H3;7H,4-6H2,1-3H3/t;8-;;7-,8?;;;;/m.1.1..../s1. The van der Waals surface area contributed by atoms with Gasteiger partial charge < -0.3 is 0 Å². The van der Waals surface area contributed by atoms with Crippen molar-refractivity contribution in [2.45, 2.75) is 326 Å². The van der Waals surface area contributed by atoms with E-state index in [1.807, 2.05) is 0 Å². The van der Waals surface area contributed by atoms with E-state index < -0.39 is 0 Å². The molecule has 0 nitrogen and oxygen atoms in total. The minimum absolute atomic E-state index is 0.550. The molecule has 64 heavy (non-hydrogen) atoms. The van der Waals surface area contributed by atoms with Crippen LogP contribution in [0.1, 0.15) is 326 Å². The van der Waals surface area contributed by atoms with Crippen LogP contribution in [-0.4, -0.2) is 0 Å². The summed E-state index contributed by atoms with van der Waals surface area (Å²) in [4.78, 5) is 0. The molecule has 3 unspecified atom stereocenters. The van der Waals surface area contributed by atoms with Crippen molar-refractivity contribution < 1.29 is 0 Å². The van der Waals surface area contributed by atoms with Gasteiger partial charge in [0.2, 0.25) is 0 Å². The van der Waals surface area contributed by atoms with Gasteiger partial charge in [0.05, 0.1) is 0 Å². The van der Waals surface area contributed by atoms with E-state index in [0.717, 1.165) is 71.0 Å². The maximum atomic E-state index is 2.40. The highest BCUT2D eigenvalue weighted by atomic mass is 14.3. The predicted octanol–water partition coefficient (Wildman–Crippen LogP) is 23.3. The summed E-state index contributed by atoms with van der Waals surface area (Å²) >= 11 is 0. The fourth-order valence-corrected chi connectivity index (χ4v) is 10.9. The van der Waals surface area contributed by atoms with E-state index in [2.05, 4.69) is 152 Å². The van der Waals surface area contributed by atoms with Gasteiger partial charge >= 0.3 is 0 Å². The van der Waals surface area contributed by atoms with Crippen LogP contribution in [0, 0.1) is 87.3 Å². The van der Waals surface area contributed by atoms with Gasteiger partial charge in [-0.25, -0.2) is 0 Å². The summed E-state index contributed by atoms with van der Waals surface area (Å²) in [5.74, 6) is 11.9. The van der Waals surface area contributed by atoms with Crippen LogP contribution in [0.25, 0.3) is 0 Å². The SMILES string of the molecule is CC(C)C1CCC1.CC(C)C1CCCC1.CC1CCC(C)(C)CC1.CC1CCCC(C)C1C.CC1CCCC[C@H]1C.CCC(CC)CC.CCCC(C)(C)C.C[C@@H]1CCCCC1(C)C. The van der Waals surface area contributed by atoms with Crippen molar-refractivity contribution in [3.8, 4) is 0 Å². The van der Waals surface area contributed by atoms with E-state index in [0.29, 0.717) is 16.2 Å². The van der Waals surface area contributed by atoms with Gasteiger partial charge in [0.1, 0.15) is 0 Å². The van der Waals surface area contributed by atoms with Crippen molar-refractivity contribution in [3.05, 3.63) is 0 Å². The summed E-state index contributed by atoms with van der Waals surface area (Å²) in [5, 5.41) is 0. The minimum atomic E-state index is 0.550. The van der Waals surface area contributed by atoms with Gasteiger partial charge in [0, 0.05) is 0 Å². The Morgan fingerprint density at radius 3 is 1.00 bits per heavy atom. The first-order chi connectivity index (χ1) is 29.8. The maximum absolute atomic E-state index is 2.40. The van der Waals surface area contributed by atoms with Gasteiger partial charge in [-0.15, -0.1) is 0 Å². The average molecular weight is 902 g/mol. The lowest BCUT2D eigenvalue weighted by molar-refractivity contribution is 0.154. The van der Waals surface area contributed by atoms with E-state index in [9.17, 15) is 0 Å². The zero-order valence-corrected chi connectivity index (χ0v) is 49.5. The van der Waals surface area contributed by atoms with Crippen molar-refractivity contribution in [3.63, 3.8) is 0 Å². The molecule has 0 heterocycles. The summed E-state index contributed by atoms with van der Waals surface area (Å²) in [6.07, 6.45) is 39.1. The highest BCUT2D eigenvalue weighted by molar-refractivity contribution is 4.80. The van der Waals surface area contributed by atoms with Crippen molar-refractivity contribution in [2.24, 2.45) is 87.3 Å². The Morgan fingerprint density at radius 2 is 0.797 bits per heavy atom. The molecule has 6 aliphatic carbocycles. The normalized spacial score (nSPS) is 27.9. The summed E-state index contributed by atoms with van der Waals surface area (Å²) in [7, 11) is 0. The van der Waals surface area contributed by atoms with Crippen LogP contribution in [0.15, 0.2) is 0 Å². The van der Waals surface area contributed by atoms with Gasteiger partial charge in [0.15, 0.2) is 0 Å². The zero-order valence-electron chi connectivity index (χ0n) is 49.5. The monoisotopic (exact) mass is 901 g/mol. The molecule has 0 aromatic rings. The molecule has 5 atom stereocenters. The molecule has 6 aliphatic rings. The Bertz CT molecular complexity index is 953. The van der Waals surface area contributed by atoms with Gasteiger partial charge in [-0.2, -0.15) is 0 Å². The van der Waals surface area contributed by atoms with Crippen molar-refractivity contribution in [2.75, 3.05) is 0 Å². The molecule has 0 aromatic heterocycles. The Balaban J connectivity index is 0. The second-order valence-electron chi connectivity index (χ2n) is 27.1. The summed E-state index contributed by atoms with van der Waals surface area (Å²) in [6, 6.07) is 0. The van der Waals surface area contributed by atoms with Crippen molar-refractivity contribution in [1.29, 1.82) is 0 Å². The van der Waals surface area contributed by atoms with Crippen LogP contribution in [0.2, 0.25) is 0 Å². The fraction of sp³-hybridized carbons (Fsp3) is 1.00. The van der Waals surface area contributed by atoms with E-state index in [1.54, 1.807) is 0 Å². The van der Waals surface area contributed by atoms with Gasteiger partial charge in [-0.3, -0.25) is 0 Å². The lowest BCUT2D eigenvalue weighted by Crippen LogP contribution is -2.24.